The van der Waals surface area contributed by atoms with E-state index in [1.165, 1.54) is 0 Å². The highest BCUT2D eigenvalue weighted by Gasteiger charge is 2.07. The van der Waals surface area contributed by atoms with Gasteiger partial charge in [0.1, 0.15) is 5.69 Å². The molecule has 0 fully saturated rings. The minimum Gasteiger partial charge on any atom is -0.387 e. The van der Waals surface area contributed by atoms with E-state index in [-0.39, 0.29) is 17.3 Å². The summed E-state index contributed by atoms with van der Waals surface area (Å²) in [5.74, 6) is -0.273. The van der Waals surface area contributed by atoms with Crippen LogP contribution in [0.1, 0.15) is 16.2 Å². The number of aromatic amines is 1. The van der Waals surface area contributed by atoms with Crippen molar-refractivity contribution in [2.45, 2.75) is 6.54 Å². The molecule has 0 unspecified atom stereocenters. The normalized spacial score (nSPS) is 10.1. The highest BCUT2D eigenvalue weighted by atomic mass is 32.1. The summed E-state index contributed by atoms with van der Waals surface area (Å²) in [6, 6.07) is 3.41. The van der Waals surface area contributed by atoms with Crippen LogP contribution in [0.4, 0.5) is 5.69 Å². The Morgan fingerprint density at radius 2 is 2.33 bits per heavy atom. The van der Waals surface area contributed by atoms with Gasteiger partial charge in [-0.15, -0.1) is 0 Å². The summed E-state index contributed by atoms with van der Waals surface area (Å²) >= 11 is 1.07. The first kappa shape index (κ1) is 12.3. The van der Waals surface area contributed by atoms with Crippen LogP contribution in [-0.2, 0) is 6.54 Å². The molecule has 0 saturated heterocycles. The number of H-pyrrole nitrogens is 1. The summed E-state index contributed by atoms with van der Waals surface area (Å²) in [6.07, 6.45) is 1.58. The number of nitrogens with one attached hydrogen (secondary N) is 3. The molecule has 0 spiro atoms. The second kappa shape index (κ2) is 5.46. The molecule has 0 aliphatic carbocycles. The molecule has 94 valence electrons. The van der Waals surface area contributed by atoms with E-state index in [0.29, 0.717) is 11.4 Å². The molecule has 0 radical (unpaired) electrons. The summed E-state index contributed by atoms with van der Waals surface area (Å²) in [4.78, 5) is 29.2. The summed E-state index contributed by atoms with van der Waals surface area (Å²) in [5, 5.41) is 7.28. The molecular formula is C11H12N4O2S. The van der Waals surface area contributed by atoms with Gasteiger partial charge in [0.05, 0.1) is 18.4 Å². The zero-order valence-electron chi connectivity index (χ0n) is 9.69. The molecule has 7 heteroatoms. The van der Waals surface area contributed by atoms with Gasteiger partial charge in [0.25, 0.3) is 5.91 Å². The maximum Gasteiger partial charge on any atom is 0.304 e. The van der Waals surface area contributed by atoms with Crippen molar-refractivity contribution in [3.63, 3.8) is 0 Å². The van der Waals surface area contributed by atoms with Crippen LogP contribution < -0.4 is 15.5 Å². The predicted molar refractivity (Wildman–Crippen MR) is 69.9 cm³/mol. The first-order valence-corrected chi connectivity index (χ1v) is 6.15. The van der Waals surface area contributed by atoms with Crippen LogP contribution in [0.25, 0.3) is 0 Å². The summed E-state index contributed by atoms with van der Waals surface area (Å²) < 4.78 is 0. The van der Waals surface area contributed by atoms with Crippen molar-refractivity contribution in [2.24, 2.45) is 0 Å². The molecule has 6 nitrogen and oxygen atoms in total. The van der Waals surface area contributed by atoms with Crippen molar-refractivity contribution < 1.29 is 4.79 Å². The number of anilines is 1. The Labute approximate surface area is 107 Å². The number of pyridine rings is 1. The molecule has 0 atom stereocenters. The zero-order chi connectivity index (χ0) is 13.0. The molecular weight excluding hydrogens is 252 g/mol. The first-order chi connectivity index (χ1) is 8.69. The molecule has 0 bridgehead atoms. The van der Waals surface area contributed by atoms with Gasteiger partial charge in [0.2, 0.25) is 0 Å². The molecule has 2 heterocycles. The van der Waals surface area contributed by atoms with Crippen LogP contribution in [0.3, 0.4) is 0 Å². The number of thiazole rings is 1. The van der Waals surface area contributed by atoms with E-state index < -0.39 is 0 Å². The number of rotatable bonds is 4. The number of carbonyl (C=O) groups excluding carboxylic acids is 1. The first-order valence-electron chi connectivity index (χ1n) is 5.28. The minimum atomic E-state index is -0.273. The smallest absolute Gasteiger partial charge is 0.304 e. The molecule has 0 aliphatic rings. The predicted octanol–water partition coefficient (Wildman–Crippen LogP) is 0.803. The molecule has 2 aromatic rings. The third-order valence-corrected chi connectivity index (χ3v) is 3.01. The van der Waals surface area contributed by atoms with E-state index in [9.17, 15) is 9.59 Å². The van der Waals surface area contributed by atoms with Crippen LogP contribution in [0.5, 0.6) is 0 Å². The van der Waals surface area contributed by atoms with Crippen molar-refractivity contribution >= 4 is 22.9 Å². The third-order valence-electron chi connectivity index (χ3n) is 2.30. The van der Waals surface area contributed by atoms with Crippen LogP contribution in [-0.4, -0.2) is 22.9 Å². The largest absolute Gasteiger partial charge is 0.387 e. The van der Waals surface area contributed by atoms with Gasteiger partial charge in [-0.3, -0.25) is 9.59 Å². The van der Waals surface area contributed by atoms with E-state index in [0.717, 1.165) is 17.0 Å². The van der Waals surface area contributed by atoms with E-state index in [4.69, 9.17) is 0 Å². The Balaban J connectivity index is 1.96. The average Bonchev–Trinajstić information content (AvgIpc) is 2.82. The van der Waals surface area contributed by atoms with Gasteiger partial charge in [-0.2, -0.15) is 0 Å². The fourth-order valence-corrected chi connectivity index (χ4v) is 1.92. The van der Waals surface area contributed by atoms with Crippen LogP contribution >= 0.6 is 11.3 Å². The van der Waals surface area contributed by atoms with Crippen LogP contribution in [0.2, 0.25) is 0 Å². The van der Waals surface area contributed by atoms with E-state index >= 15 is 0 Å². The number of carbonyl (C=O) groups is 1. The monoisotopic (exact) mass is 264 g/mol. The molecule has 2 aromatic heterocycles. The SMILES string of the molecule is CNc1ccc(C(=O)NCc2csc(=O)[nH]2)nc1. The number of aromatic nitrogens is 2. The lowest BCUT2D eigenvalue weighted by molar-refractivity contribution is 0.0945. The lowest BCUT2D eigenvalue weighted by Crippen LogP contribution is -2.24. The molecule has 1 amide bonds. The van der Waals surface area contributed by atoms with Crippen molar-refractivity contribution in [3.8, 4) is 0 Å². The lowest BCUT2D eigenvalue weighted by atomic mass is 10.3. The second-order valence-corrected chi connectivity index (χ2v) is 4.38. The van der Waals surface area contributed by atoms with Gasteiger partial charge >= 0.3 is 4.87 Å². The number of hydrogen-bond donors (Lipinski definition) is 3. The number of hydrogen-bond acceptors (Lipinski definition) is 5. The third kappa shape index (κ3) is 2.95. The molecule has 2 rings (SSSR count). The number of nitrogens with zero attached hydrogens (tertiary/aromatic N) is 1. The highest BCUT2D eigenvalue weighted by molar-refractivity contribution is 7.07. The standard InChI is InChI=1S/C11H12N4O2S/c1-12-7-2-3-9(13-4-7)10(16)14-5-8-6-18-11(17)15-8/h2-4,6,12H,5H2,1H3,(H,14,16)(H,15,17). The maximum atomic E-state index is 11.7. The Kier molecular flexibility index (Phi) is 3.73. The molecule has 0 aromatic carbocycles. The summed E-state index contributed by atoms with van der Waals surface area (Å²) in [5.41, 5.74) is 1.87. The molecule has 0 aliphatic heterocycles. The van der Waals surface area contributed by atoms with Crippen molar-refractivity contribution in [1.29, 1.82) is 0 Å². The second-order valence-electron chi connectivity index (χ2n) is 3.54. The Morgan fingerprint density at radius 3 is 2.89 bits per heavy atom. The van der Waals surface area contributed by atoms with Crippen LogP contribution in [0.15, 0.2) is 28.5 Å². The quantitative estimate of drug-likeness (QED) is 0.762. The van der Waals surface area contributed by atoms with Gasteiger partial charge in [0.15, 0.2) is 0 Å². The Morgan fingerprint density at radius 1 is 1.50 bits per heavy atom. The van der Waals surface area contributed by atoms with Crippen LogP contribution in [0, 0.1) is 0 Å². The van der Waals surface area contributed by atoms with Crippen molar-refractivity contribution in [3.05, 3.63) is 44.8 Å². The van der Waals surface area contributed by atoms with Crippen molar-refractivity contribution in [2.75, 3.05) is 12.4 Å². The maximum absolute atomic E-state index is 11.7. The van der Waals surface area contributed by atoms with Crippen molar-refractivity contribution in [1.82, 2.24) is 15.3 Å². The highest BCUT2D eigenvalue weighted by Crippen LogP contribution is 2.05. The van der Waals surface area contributed by atoms with E-state index in [1.54, 1.807) is 30.8 Å². The fourth-order valence-electron chi connectivity index (χ4n) is 1.34. The Bertz CT molecular complexity index is 588. The summed E-state index contributed by atoms with van der Waals surface area (Å²) in [7, 11) is 1.78. The number of amides is 1. The lowest BCUT2D eigenvalue weighted by Gasteiger charge is -2.04. The van der Waals surface area contributed by atoms with Gasteiger partial charge < -0.3 is 15.6 Å². The topological polar surface area (TPSA) is 86.9 Å². The van der Waals surface area contributed by atoms with Gasteiger partial charge in [0, 0.05) is 18.1 Å². The van der Waals surface area contributed by atoms with Gasteiger partial charge in [-0.1, -0.05) is 11.3 Å². The minimum absolute atomic E-state index is 0.129. The zero-order valence-corrected chi connectivity index (χ0v) is 10.5. The van der Waals surface area contributed by atoms with E-state index in [1.807, 2.05) is 0 Å². The molecule has 0 saturated carbocycles. The fraction of sp³-hybridized carbons (Fsp3) is 0.182. The molecule has 18 heavy (non-hydrogen) atoms. The average molecular weight is 264 g/mol. The van der Waals surface area contributed by atoms with Gasteiger partial charge in [-0.05, 0) is 12.1 Å². The summed E-state index contributed by atoms with van der Waals surface area (Å²) in [6.45, 7) is 0.285. The molecule has 3 N–H and O–H groups in total. The van der Waals surface area contributed by atoms with Gasteiger partial charge in [-0.25, -0.2) is 4.98 Å². The Hall–Kier alpha value is -2.15. The van der Waals surface area contributed by atoms with E-state index in [2.05, 4.69) is 20.6 Å².